The Kier molecular flexibility index (Phi) is 3.52. The van der Waals surface area contributed by atoms with E-state index in [1.165, 1.54) is 0 Å². The third-order valence-electron chi connectivity index (χ3n) is 3.32. The molecule has 1 N–H and O–H groups in total. The molecule has 0 amide bonds. The first kappa shape index (κ1) is 13.2. The van der Waals surface area contributed by atoms with Crippen LogP contribution in [0, 0.1) is 0 Å². The summed E-state index contributed by atoms with van der Waals surface area (Å²) in [5.74, 6) is 0. The number of hydrogen-bond acceptors (Lipinski definition) is 2. The summed E-state index contributed by atoms with van der Waals surface area (Å²) in [4.78, 5) is 2.16. The van der Waals surface area contributed by atoms with Gasteiger partial charge in [0.15, 0.2) is 0 Å². The van der Waals surface area contributed by atoms with Crippen molar-refractivity contribution in [2.75, 3.05) is 18.0 Å². The molecule has 100 valence electrons. The average Bonchev–Trinajstić information content (AvgIpc) is 2.28. The molecule has 2 unspecified atom stereocenters. The van der Waals surface area contributed by atoms with Gasteiger partial charge in [-0.15, -0.1) is 0 Å². The van der Waals surface area contributed by atoms with E-state index in [9.17, 15) is 13.2 Å². The third kappa shape index (κ3) is 2.61. The lowest BCUT2D eigenvalue weighted by molar-refractivity contribution is -0.137. The zero-order valence-electron chi connectivity index (χ0n) is 10.5. The molecule has 1 aliphatic rings. The Balaban J connectivity index is 2.23. The van der Waals surface area contributed by atoms with Crippen molar-refractivity contribution in [3.8, 4) is 0 Å². The molecule has 5 heteroatoms. The maximum Gasteiger partial charge on any atom is 0.416 e. The van der Waals surface area contributed by atoms with Crippen LogP contribution in [0.25, 0.3) is 0 Å². The summed E-state index contributed by atoms with van der Waals surface area (Å²) < 4.78 is 37.5. The SMILES string of the molecule is CC1CNCC(C)N1c1ccc(C(F)(F)F)cc1. The highest BCUT2D eigenvalue weighted by molar-refractivity contribution is 5.50. The van der Waals surface area contributed by atoms with Gasteiger partial charge in [0.1, 0.15) is 0 Å². The molecule has 1 fully saturated rings. The number of halogens is 3. The molecular formula is C13H17F3N2. The van der Waals surface area contributed by atoms with Crippen molar-refractivity contribution in [3.05, 3.63) is 29.8 Å². The maximum absolute atomic E-state index is 12.5. The van der Waals surface area contributed by atoms with Crippen LogP contribution in [0.4, 0.5) is 18.9 Å². The van der Waals surface area contributed by atoms with E-state index in [1.54, 1.807) is 12.1 Å². The molecule has 2 rings (SSSR count). The van der Waals surface area contributed by atoms with Crippen molar-refractivity contribution in [3.63, 3.8) is 0 Å². The molecular weight excluding hydrogens is 241 g/mol. The standard InChI is InChI=1S/C13H17F3N2/c1-9-7-17-8-10(2)18(9)12-5-3-11(4-6-12)13(14,15)16/h3-6,9-10,17H,7-8H2,1-2H3. The van der Waals surface area contributed by atoms with Crippen molar-refractivity contribution in [2.24, 2.45) is 0 Å². The van der Waals surface area contributed by atoms with Crippen molar-refractivity contribution in [2.45, 2.75) is 32.1 Å². The number of alkyl halides is 3. The zero-order valence-corrected chi connectivity index (χ0v) is 10.5. The third-order valence-corrected chi connectivity index (χ3v) is 3.32. The molecule has 0 saturated carbocycles. The molecule has 1 aliphatic heterocycles. The smallest absolute Gasteiger partial charge is 0.364 e. The van der Waals surface area contributed by atoms with Gasteiger partial charge in [-0.2, -0.15) is 13.2 Å². The van der Waals surface area contributed by atoms with Crippen LogP contribution >= 0.6 is 0 Å². The molecule has 0 bridgehead atoms. The summed E-state index contributed by atoms with van der Waals surface area (Å²) in [6, 6.07) is 5.98. The first-order valence-electron chi connectivity index (χ1n) is 6.06. The Morgan fingerprint density at radius 3 is 2.00 bits per heavy atom. The van der Waals surface area contributed by atoms with Crippen molar-refractivity contribution < 1.29 is 13.2 Å². The monoisotopic (exact) mass is 258 g/mol. The number of nitrogens with zero attached hydrogens (tertiary/aromatic N) is 1. The first-order valence-corrected chi connectivity index (χ1v) is 6.06. The summed E-state index contributed by atoms with van der Waals surface area (Å²) in [6.07, 6.45) is -4.26. The lowest BCUT2D eigenvalue weighted by Gasteiger charge is -2.41. The van der Waals surface area contributed by atoms with Gasteiger partial charge in [-0.3, -0.25) is 0 Å². The predicted molar refractivity (Wildman–Crippen MR) is 65.7 cm³/mol. The van der Waals surface area contributed by atoms with Gasteiger partial charge >= 0.3 is 6.18 Å². The van der Waals surface area contributed by atoms with Crippen LogP contribution in [-0.2, 0) is 6.18 Å². The van der Waals surface area contributed by atoms with E-state index < -0.39 is 11.7 Å². The van der Waals surface area contributed by atoms with Gasteiger partial charge < -0.3 is 10.2 Å². The van der Waals surface area contributed by atoms with Crippen LogP contribution in [0.2, 0.25) is 0 Å². The van der Waals surface area contributed by atoms with E-state index in [4.69, 9.17) is 0 Å². The Morgan fingerprint density at radius 1 is 1.06 bits per heavy atom. The summed E-state index contributed by atoms with van der Waals surface area (Å²) >= 11 is 0. The minimum absolute atomic E-state index is 0.283. The summed E-state index contributed by atoms with van der Waals surface area (Å²) in [5, 5.41) is 3.30. The molecule has 0 aliphatic carbocycles. The number of piperazine rings is 1. The summed E-state index contributed by atoms with van der Waals surface area (Å²) in [6.45, 7) is 5.84. The van der Waals surface area contributed by atoms with Crippen LogP contribution < -0.4 is 10.2 Å². The Bertz CT molecular complexity index is 390. The number of hydrogen-bond donors (Lipinski definition) is 1. The lowest BCUT2D eigenvalue weighted by atomic mass is 10.1. The zero-order chi connectivity index (χ0) is 13.3. The highest BCUT2D eigenvalue weighted by atomic mass is 19.4. The minimum atomic E-state index is -4.26. The van der Waals surface area contributed by atoms with Gasteiger partial charge in [0, 0.05) is 30.9 Å². The van der Waals surface area contributed by atoms with E-state index in [-0.39, 0.29) is 12.1 Å². The number of benzene rings is 1. The van der Waals surface area contributed by atoms with Crippen LogP contribution in [-0.4, -0.2) is 25.2 Å². The van der Waals surface area contributed by atoms with Crippen LogP contribution in [0.1, 0.15) is 19.4 Å². The Morgan fingerprint density at radius 2 is 1.56 bits per heavy atom. The quantitative estimate of drug-likeness (QED) is 0.833. The highest BCUT2D eigenvalue weighted by Gasteiger charge is 2.31. The van der Waals surface area contributed by atoms with Crippen LogP contribution in [0.15, 0.2) is 24.3 Å². The molecule has 0 radical (unpaired) electrons. The molecule has 0 aromatic heterocycles. The maximum atomic E-state index is 12.5. The fraction of sp³-hybridized carbons (Fsp3) is 0.538. The molecule has 2 atom stereocenters. The predicted octanol–water partition coefficient (Wildman–Crippen LogP) is 2.89. The van der Waals surface area contributed by atoms with Crippen molar-refractivity contribution >= 4 is 5.69 Å². The van der Waals surface area contributed by atoms with Crippen molar-refractivity contribution in [1.82, 2.24) is 5.32 Å². The average molecular weight is 258 g/mol. The molecule has 2 nitrogen and oxygen atoms in total. The molecule has 1 heterocycles. The van der Waals surface area contributed by atoms with Gasteiger partial charge in [0.25, 0.3) is 0 Å². The topological polar surface area (TPSA) is 15.3 Å². The van der Waals surface area contributed by atoms with Gasteiger partial charge in [-0.05, 0) is 38.1 Å². The van der Waals surface area contributed by atoms with E-state index in [2.05, 4.69) is 24.1 Å². The van der Waals surface area contributed by atoms with E-state index in [0.717, 1.165) is 30.9 Å². The lowest BCUT2D eigenvalue weighted by Crippen LogP contribution is -2.55. The molecule has 1 aromatic carbocycles. The molecule has 1 saturated heterocycles. The largest absolute Gasteiger partial charge is 0.416 e. The number of anilines is 1. The number of rotatable bonds is 1. The van der Waals surface area contributed by atoms with Gasteiger partial charge in [-0.1, -0.05) is 0 Å². The Labute approximate surface area is 105 Å². The normalized spacial score (nSPS) is 25.3. The van der Waals surface area contributed by atoms with Crippen LogP contribution in [0.3, 0.4) is 0 Å². The fourth-order valence-corrected chi connectivity index (χ4v) is 2.46. The highest BCUT2D eigenvalue weighted by Crippen LogP contribution is 2.31. The second kappa shape index (κ2) is 4.80. The van der Waals surface area contributed by atoms with Gasteiger partial charge in [-0.25, -0.2) is 0 Å². The first-order chi connectivity index (χ1) is 8.39. The molecule has 18 heavy (non-hydrogen) atoms. The summed E-state index contributed by atoms with van der Waals surface area (Å²) in [5.41, 5.74) is 0.256. The minimum Gasteiger partial charge on any atom is -0.364 e. The second-order valence-electron chi connectivity index (χ2n) is 4.81. The van der Waals surface area contributed by atoms with Gasteiger partial charge in [0.05, 0.1) is 5.56 Å². The van der Waals surface area contributed by atoms with E-state index in [0.29, 0.717) is 0 Å². The number of nitrogens with one attached hydrogen (secondary N) is 1. The molecule has 1 aromatic rings. The molecule has 0 spiro atoms. The fourth-order valence-electron chi connectivity index (χ4n) is 2.46. The van der Waals surface area contributed by atoms with E-state index >= 15 is 0 Å². The summed E-state index contributed by atoms with van der Waals surface area (Å²) in [7, 11) is 0. The van der Waals surface area contributed by atoms with Crippen LogP contribution in [0.5, 0.6) is 0 Å². The second-order valence-corrected chi connectivity index (χ2v) is 4.81. The van der Waals surface area contributed by atoms with Gasteiger partial charge in [0.2, 0.25) is 0 Å². The van der Waals surface area contributed by atoms with Crippen molar-refractivity contribution in [1.29, 1.82) is 0 Å². The van der Waals surface area contributed by atoms with E-state index in [1.807, 2.05) is 0 Å². The Hall–Kier alpha value is -1.23.